The molecule has 3 heterocycles. The van der Waals surface area contributed by atoms with Crippen LogP contribution in [0.15, 0.2) is 73.3 Å². The standard InChI is InChI=1S/C19H15N5O2/c25-17(16-13-24-11-5-10-21-19(24)23-16)22-12-14-6-4-9-20-18(14)26-15-7-2-1-3-8-15/h1-11,13H,12H2,(H,22,25). The second kappa shape index (κ2) is 7.02. The third-order valence-corrected chi connectivity index (χ3v) is 3.72. The summed E-state index contributed by atoms with van der Waals surface area (Å²) in [4.78, 5) is 25.0. The number of ether oxygens (including phenoxy) is 1. The number of nitrogens with zero attached hydrogens (tertiary/aromatic N) is 4. The van der Waals surface area contributed by atoms with Gasteiger partial charge in [-0.25, -0.2) is 15.0 Å². The number of aromatic nitrogens is 4. The van der Waals surface area contributed by atoms with E-state index in [0.717, 1.165) is 5.56 Å². The fraction of sp³-hybridized carbons (Fsp3) is 0.0526. The van der Waals surface area contributed by atoms with Gasteiger partial charge >= 0.3 is 0 Å². The van der Waals surface area contributed by atoms with Gasteiger partial charge in [0, 0.05) is 36.9 Å². The van der Waals surface area contributed by atoms with Crippen LogP contribution in [0, 0.1) is 0 Å². The summed E-state index contributed by atoms with van der Waals surface area (Å²) < 4.78 is 7.50. The Kier molecular flexibility index (Phi) is 4.26. The zero-order chi connectivity index (χ0) is 17.8. The molecule has 7 heteroatoms. The number of nitrogens with one attached hydrogen (secondary N) is 1. The first kappa shape index (κ1) is 15.8. The molecule has 26 heavy (non-hydrogen) atoms. The zero-order valence-corrected chi connectivity index (χ0v) is 13.7. The molecular formula is C19H15N5O2. The minimum atomic E-state index is -0.287. The van der Waals surface area contributed by atoms with Gasteiger partial charge in [0.15, 0.2) is 0 Å². The number of para-hydroxylation sites is 1. The van der Waals surface area contributed by atoms with E-state index in [-0.39, 0.29) is 12.5 Å². The number of imidazole rings is 1. The molecule has 128 valence electrons. The Hall–Kier alpha value is -3.74. The lowest BCUT2D eigenvalue weighted by molar-refractivity contribution is 0.0946. The molecule has 0 aliphatic carbocycles. The fourth-order valence-electron chi connectivity index (χ4n) is 2.46. The number of hydrogen-bond acceptors (Lipinski definition) is 5. The second-order valence-corrected chi connectivity index (χ2v) is 5.52. The Morgan fingerprint density at radius 1 is 1.04 bits per heavy atom. The highest BCUT2D eigenvalue weighted by molar-refractivity contribution is 5.92. The van der Waals surface area contributed by atoms with Gasteiger partial charge in [0.25, 0.3) is 5.91 Å². The summed E-state index contributed by atoms with van der Waals surface area (Å²) in [6.07, 6.45) is 6.71. The zero-order valence-electron chi connectivity index (χ0n) is 13.7. The number of benzene rings is 1. The van der Waals surface area contributed by atoms with Crippen LogP contribution in [0.5, 0.6) is 11.6 Å². The van der Waals surface area contributed by atoms with Crippen molar-refractivity contribution in [3.63, 3.8) is 0 Å². The van der Waals surface area contributed by atoms with Crippen molar-refractivity contribution in [3.05, 3.63) is 84.6 Å². The predicted octanol–water partition coefficient (Wildman–Crippen LogP) is 2.85. The van der Waals surface area contributed by atoms with Crippen molar-refractivity contribution in [2.45, 2.75) is 6.54 Å². The Labute approximate surface area is 149 Å². The summed E-state index contributed by atoms with van der Waals surface area (Å²) in [5.41, 5.74) is 1.07. The lowest BCUT2D eigenvalue weighted by Crippen LogP contribution is -2.23. The van der Waals surface area contributed by atoms with Gasteiger partial charge in [0.1, 0.15) is 11.4 Å². The molecule has 4 rings (SSSR count). The van der Waals surface area contributed by atoms with Crippen molar-refractivity contribution >= 4 is 11.7 Å². The molecule has 0 spiro atoms. The molecule has 0 saturated heterocycles. The topological polar surface area (TPSA) is 81.4 Å². The molecule has 4 aromatic rings. The first-order valence-corrected chi connectivity index (χ1v) is 8.04. The number of pyridine rings is 1. The number of amides is 1. The van der Waals surface area contributed by atoms with E-state index in [2.05, 4.69) is 20.3 Å². The lowest BCUT2D eigenvalue weighted by Gasteiger charge is -2.10. The molecule has 0 fully saturated rings. The molecule has 1 N–H and O–H groups in total. The number of carbonyl (C=O) groups excluding carboxylic acids is 1. The minimum Gasteiger partial charge on any atom is -0.439 e. The van der Waals surface area contributed by atoms with Crippen LogP contribution in [-0.4, -0.2) is 25.3 Å². The summed E-state index contributed by atoms with van der Waals surface area (Å²) in [5, 5.41) is 2.84. The Bertz CT molecular complexity index is 1010. The van der Waals surface area contributed by atoms with Crippen LogP contribution < -0.4 is 10.1 Å². The van der Waals surface area contributed by atoms with Crippen LogP contribution in [-0.2, 0) is 6.54 Å². The Balaban J connectivity index is 1.48. The van der Waals surface area contributed by atoms with Crippen molar-refractivity contribution in [1.82, 2.24) is 24.7 Å². The minimum absolute atomic E-state index is 0.274. The molecule has 0 atom stereocenters. The van der Waals surface area contributed by atoms with E-state index < -0.39 is 0 Å². The first-order chi connectivity index (χ1) is 12.8. The van der Waals surface area contributed by atoms with Gasteiger partial charge in [-0.05, 0) is 24.3 Å². The molecule has 0 saturated carbocycles. The molecule has 0 unspecified atom stereocenters. The number of carbonyl (C=O) groups is 1. The van der Waals surface area contributed by atoms with Crippen molar-refractivity contribution in [2.24, 2.45) is 0 Å². The van der Waals surface area contributed by atoms with Crippen molar-refractivity contribution < 1.29 is 9.53 Å². The Morgan fingerprint density at radius 2 is 1.88 bits per heavy atom. The highest BCUT2D eigenvalue weighted by Gasteiger charge is 2.13. The van der Waals surface area contributed by atoms with Crippen LogP contribution in [0.25, 0.3) is 5.78 Å². The maximum Gasteiger partial charge on any atom is 0.271 e. The highest BCUT2D eigenvalue weighted by Crippen LogP contribution is 2.22. The largest absolute Gasteiger partial charge is 0.439 e. The van der Waals surface area contributed by atoms with E-state index in [1.165, 1.54) is 0 Å². The summed E-state index contributed by atoms with van der Waals surface area (Å²) in [7, 11) is 0. The smallest absolute Gasteiger partial charge is 0.271 e. The monoisotopic (exact) mass is 345 g/mol. The van der Waals surface area contributed by atoms with Crippen LogP contribution >= 0.6 is 0 Å². The van der Waals surface area contributed by atoms with Gasteiger partial charge < -0.3 is 10.1 Å². The van der Waals surface area contributed by atoms with E-state index in [4.69, 9.17) is 4.74 Å². The van der Waals surface area contributed by atoms with Gasteiger partial charge in [0.05, 0.1) is 0 Å². The second-order valence-electron chi connectivity index (χ2n) is 5.52. The normalized spacial score (nSPS) is 10.6. The van der Waals surface area contributed by atoms with Gasteiger partial charge in [-0.3, -0.25) is 9.20 Å². The van der Waals surface area contributed by atoms with Gasteiger partial charge in [-0.1, -0.05) is 24.3 Å². The van der Waals surface area contributed by atoms with Crippen molar-refractivity contribution in [2.75, 3.05) is 0 Å². The van der Waals surface area contributed by atoms with Crippen molar-refractivity contribution in [3.8, 4) is 11.6 Å². The van der Waals surface area contributed by atoms with Gasteiger partial charge in [-0.15, -0.1) is 0 Å². The van der Waals surface area contributed by atoms with E-state index in [0.29, 0.717) is 23.1 Å². The molecule has 0 aliphatic rings. The van der Waals surface area contributed by atoms with Crippen LogP contribution in [0.2, 0.25) is 0 Å². The maximum absolute atomic E-state index is 12.4. The van der Waals surface area contributed by atoms with Gasteiger partial charge in [0.2, 0.25) is 11.7 Å². The average Bonchev–Trinajstić information content (AvgIpc) is 3.12. The summed E-state index contributed by atoms with van der Waals surface area (Å²) in [5.74, 6) is 1.33. The third-order valence-electron chi connectivity index (χ3n) is 3.72. The van der Waals surface area contributed by atoms with E-state index in [9.17, 15) is 4.79 Å². The summed E-state index contributed by atoms with van der Waals surface area (Å²) in [6.45, 7) is 0.274. The van der Waals surface area contributed by atoms with E-state index in [1.54, 1.807) is 41.3 Å². The van der Waals surface area contributed by atoms with Crippen LogP contribution in [0.1, 0.15) is 16.1 Å². The fourth-order valence-corrected chi connectivity index (χ4v) is 2.46. The van der Waals surface area contributed by atoms with Crippen LogP contribution in [0.4, 0.5) is 0 Å². The molecular weight excluding hydrogens is 330 g/mol. The molecule has 0 bridgehead atoms. The number of fused-ring (bicyclic) bond motifs is 1. The van der Waals surface area contributed by atoms with Crippen molar-refractivity contribution in [1.29, 1.82) is 0 Å². The SMILES string of the molecule is O=C(NCc1cccnc1Oc1ccccc1)c1cn2cccnc2n1. The Morgan fingerprint density at radius 3 is 2.73 bits per heavy atom. The lowest BCUT2D eigenvalue weighted by atomic mass is 10.2. The quantitative estimate of drug-likeness (QED) is 0.601. The first-order valence-electron chi connectivity index (χ1n) is 8.04. The third kappa shape index (κ3) is 3.36. The van der Waals surface area contributed by atoms with E-state index >= 15 is 0 Å². The molecule has 0 aliphatic heterocycles. The average molecular weight is 345 g/mol. The van der Waals surface area contributed by atoms with Gasteiger partial charge in [-0.2, -0.15) is 0 Å². The summed E-state index contributed by atoms with van der Waals surface area (Å²) in [6, 6.07) is 14.8. The predicted molar refractivity (Wildman–Crippen MR) is 94.9 cm³/mol. The molecule has 7 nitrogen and oxygen atoms in total. The highest BCUT2D eigenvalue weighted by atomic mass is 16.5. The molecule has 0 radical (unpaired) electrons. The molecule has 1 aromatic carbocycles. The molecule has 1 amide bonds. The van der Waals surface area contributed by atoms with E-state index in [1.807, 2.05) is 36.4 Å². The molecule has 3 aromatic heterocycles. The number of rotatable bonds is 5. The van der Waals surface area contributed by atoms with Crippen LogP contribution in [0.3, 0.4) is 0 Å². The summed E-state index contributed by atoms with van der Waals surface area (Å²) >= 11 is 0. The maximum atomic E-state index is 12.4. The number of hydrogen-bond donors (Lipinski definition) is 1.